The predicted octanol–water partition coefficient (Wildman–Crippen LogP) is 2.36. The van der Waals surface area contributed by atoms with Gasteiger partial charge in [0, 0.05) is 37.7 Å². The molecule has 104 valence electrons. The minimum atomic E-state index is -0.328. The van der Waals surface area contributed by atoms with E-state index in [9.17, 15) is 9.18 Å². The zero-order valence-electron chi connectivity index (χ0n) is 10.4. The molecule has 1 heterocycles. The molecule has 3 nitrogen and oxygen atoms in total. The summed E-state index contributed by atoms with van der Waals surface area (Å²) in [5.41, 5.74) is 0.903. The lowest BCUT2D eigenvalue weighted by Gasteiger charge is -2.34. The zero-order valence-corrected chi connectivity index (χ0v) is 11.9. The molecule has 1 aliphatic heterocycles. The number of hydrogen-bond donors (Lipinski definition) is 0. The molecule has 0 saturated carbocycles. The molecule has 0 radical (unpaired) electrons. The van der Waals surface area contributed by atoms with E-state index in [1.807, 2.05) is 0 Å². The molecule has 1 fully saturated rings. The maximum absolute atomic E-state index is 13.0. The Hall–Kier alpha value is -0.840. The SMILES string of the molecule is O=C(CCl)N1CCN(Cc2ccc(F)cc2Cl)CC1. The highest BCUT2D eigenvalue weighted by Crippen LogP contribution is 2.19. The quantitative estimate of drug-likeness (QED) is 0.801. The number of alkyl halides is 1. The summed E-state index contributed by atoms with van der Waals surface area (Å²) in [6.45, 7) is 3.56. The van der Waals surface area contributed by atoms with Crippen molar-refractivity contribution < 1.29 is 9.18 Å². The first-order valence-corrected chi connectivity index (χ1v) is 7.01. The van der Waals surface area contributed by atoms with Crippen molar-refractivity contribution in [2.45, 2.75) is 6.54 Å². The second kappa shape index (κ2) is 6.55. The summed E-state index contributed by atoms with van der Waals surface area (Å²) in [6.07, 6.45) is 0. The van der Waals surface area contributed by atoms with Crippen LogP contribution < -0.4 is 0 Å². The van der Waals surface area contributed by atoms with Crippen LogP contribution >= 0.6 is 23.2 Å². The van der Waals surface area contributed by atoms with Crippen molar-refractivity contribution in [3.05, 3.63) is 34.6 Å². The molecule has 19 heavy (non-hydrogen) atoms. The van der Waals surface area contributed by atoms with Gasteiger partial charge in [0.1, 0.15) is 11.7 Å². The molecule has 2 rings (SSSR count). The van der Waals surface area contributed by atoms with E-state index in [1.165, 1.54) is 12.1 Å². The minimum Gasteiger partial charge on any atom is -0.339 e. The number of amides is 1. The van der Waals surface area contributed by atoms with Gasteiger partial charge in [0.15, 0.2) is 0 Å². The zero-order chi connectivity index (χ0) is 13.8. The standard InChI is InChI=1S/C13H15Cl2FN2O/c14-8-13(19)18-5-3-17(4-6-18)9-10-1-2-11(16)7-12(10)15/h1-2,7H,3-6,8-9H2. The molecule has 0 bridgehead atoms. The van der Waals surface area contributed by atoms with E-state index in [1.54, 1.807) is 11.0 Å². The van der Waals surface area contributed by atoms with Crippen LogP contribution in [0.15, 0.2) is 18.2 Å². The first-order valence-electron chi connectivity index (χ1n) is 6.10. The molecule has 0 unspecified atom stereocenters. The summed E-state index contributed by atoms with van der Waals surface area (Å²) in [7, 11) is 0. The van der Waals surface area contributed by atoms with E-state index in [-0.39, 0.29) is 17.6 Å². The van der Waals surface area contributed by atoms with Crippen LogP contribution in [0.2, 0.25) is 5.02 Å². The van der Waals surface area contributed by atoms with Crippen LogP contribution in [0.3, 0.4) is 0 Å². The number of carbonyl (C=O) groups is 1. The van der Waals surface area contributed by atoms with Crippen LogP contribution in [0.1, 0.15) is 5.56 Å². The molecular weight excluding hydrogens is 290 g/mol. The average Bonchev–Trinajstić information content (AvgIpc) is 2.42. The summed E-state index contributed by atoms with van der Waals surface area (Å²) in [5, 5.41) is 0.444. The van der Waals surface area contributed by atoms with Crippen molar-refractivity contribution in [2.24, 2.45) is 0 Å². The fourth-order valence-corrected chi connectivity index (χ4v) is 2.53. The third-order valence-electron chi connectivity index (χ3n) is 3.25. The largest absolute Gasteiger partial charge is 0.339 e. The number of halogens is 3. The monoisotopic (exact) mass is 304 g/mol. The highest BCUT2D eigenvalue weighted by atomic mass is 35.5. The molecule has 0 aliphatic carbocycles. The van der Waals surface area contributed by atoms with Crippen LogP contribution in [0.5, 0.6) is 0 Å². The molecule has 0 spiro atoms. The van der Waals surface area contributed by atoms with Crippen molar-refractivity contribution >= 4 is 29.1 Å². The first-order chi connectivity index (χ1) is 9.10. The van der Waals surface area contributed by atoms with Gasteiger partial charge in [-0.1, -0.05) is 17.7 Å². The van der Waals surface area contributed by atoms with Crippen LogP contribution in [0.4, 0.5) is 4.39 Å². The summed E-state index contributed by atoms with van der Waals surface area (Å²) < 4.78 is 13.0. The Morgan fingerprint density at radius 3 is 2.53 bits per heavy atom. The van der Waals surface area contributed by atoms with E-state index in [0.717, 1.165) is 18.7 Å². The van der Waals surface area contributed by atoms with E-state index >= 15 is 0 Å². The van der Waals surface area contributed by atoms with Crippen molar-refractivity contribution in [2.75, 3.05) is 32.1 Å². The Kier molecular flexibility index (Phi) is 5.02. The van der Waals surface area contributed by atoms with E-state index in [4.69, 9.17) is 23.2 Å². The van der Waals surface area contributed by atoms with Gasteiger partial charge in [0.05, 0.1) is 0 Å². The number of hydrogen-bond acceptors (Lipinski definition) is 2. The van der Waals surface area contributed by atoms with Crippen molar-refractivity contribution in [3.63, 3.8) is 0 Å². The molecule has 1 aromatic rings. The van der Waals surface area contributed by atoms with E-state index in [0.29, 0.717) is 24.7 Å². The average molecular weight is 305 g/mol. The lowest BCUT2D eigenvalue weighted by molar-refractivity contribution is -0.130. The number of benzene rings is 1. The molecule has 0 N–H and O–H groups in total. The summed E-state index contributed by atoms with van der Waals surface area (Å²) in [4.78, 5) is 15.4. The number of nitrogens with zero attached hydrogens (tertiary/aromatic N) is 2. The maximum atomic E-state index is 13.0. The van der Waals surface area contributed by atoms with Gasteiger partial charge in [0.25, 0.3) is 0 Å². The molecule has 1 saturated heterocycles. The highest BCUT2D eigenvalue weighted by Gasteiger charge is 2.20. The van der Waals surface area contributed by atoms with E-state index < -0.39 is 0 Å². The molecule has 1 aliphatic rings. The van der Waals surface area contributed by atoms with Gasteiger partial charge in [-0.2, -0.15) is 0 Å². The smallest absolute Gasteiger partial charge is 0.237 e. The van der Waals surface area contributed by atoms with Gasteiger partial charge in [-0.25, -0.2) is 4.39 Å². The fraction of sp³-hybridized carbons (Fsp3) is 0.462. The summed E-state index contributed by atoms with van der Waals surface area (Å²) >= 11 is 11.5. The second-order valence-corrected chi connectivity index (χ2v) is 5.20. The van der Waals surface area contributed by atoms with Gasteiger partial charge in [0.2, 0.25) is 5.91 Å². The van der Waals surface area contributed by atoms with Gasteiger partial charge in [-0.3, -0.25) is 9.69 Å². The maximum Gasteiger partial charge on any atom is 0.237 e. The first kappa shape index (κ1) is 14.6. The predicted molar refractivity (Wildman–Crippen MR) is 74.0 cm³/mol. The third kappa shape index (κ3) is 3.81. The second-order valence-electron chi connectivity index (χ2n) is 4.53. The van der Waals surface area contributed by atoms with Crippen molar-refractivity contribution in [1.29, 1.82) is 0 Å². The Balaban J connectivity index is 1.90. The Bertz CT molecular complexity index is 462. The number of rotatable bonds is 3. The van der Waals surface area contributed by atoms with Gasteiger partial charge >= 0.3 is 0 Å². The molecule has 0 aromatic heterocycles. The Labute approximate surface area is 121 Å². The lowest BCUT2D eigenvalue weighted by atomic mass is 10.2. The van der Waals surface area contributed by atoms with Gasteiger partial charge in [-0.05, 0) is 17.7 Å². The minimum absolute atomic E-state index is 0.0267. The Morgan fingerprint density at radius 1 is 1.26 bits per heavy atom. The van der Waals surface area contributed by atoms with Crippen LogP contribution in [0.25, 0.3) is 0 Å². The van der Waals surface area contributed by atoms with Crippen molar-refractivity contribution in [1.82, 2.24) is 9.80 Å². The van der Waals surface area contributed by atoms with E-state index in [2.05, 4.69) is 4.90 Å². The summed E-state index contributed by atoms with van der Waals surface area (Å²) in [6, 6.07) is 4.44. The summed E-state index contributed by atoms with van der Waals surface area (Å²) in [5.74, 6) is -0.323. The molecular formula is C13H15Cl2FN2O. The normalized spacial score (nSPS) is 16.7. The van der Waals surface area contributed by atoms with Crippen molar-refractivity contribution in [3.8, 4) is 0 Å². The lowest BCUT2D eigenvalue weighted by Crippen LogP contribution is -2.48. The molecule has 1 aromatic carbocycles. The van der Waals surface area contributed by atoms with Gasteiger partial charge in [-0.15, -0.1) is 11.6 Å². The molecule has 0 atom stereocenters. The third-order valence-corrected chi connectivity index (χ3v) is 3.83. The fourth-order valence-electron chi connectivity index (χ4n) is 2.13. The Morgan fingerprint density at radius 2 is 1.95 bits per heavy atom. The number of piperazine rings is 1. The van der Waals surface area contributed by atoms with Crippen LogP contribution in [0, 0.1) is 5.82 Å². The highest BCUT2D eigenvalue weighted by molar-refractivity contribution is 6.31. The topological polar surface area (TPSA) is 23.6 Å². The molecule has 6 heteroatoms. The van der Waals surface area contributed by atoms with Crippen LogP contribution in [-0.4, -0.2) is 47.8 Å². The molecule has 1 amide bonds. The van der Waals surface area contributed by atoms with Gasteiger partial charge < -0.3 is 4.90 Å². The van der Waals surface area contributed by atoms with Crippen LogP contribution in [-0.2, 0) is 11.3 Å². The number of carbonyl (C=O) groups excluding carboxylic acids is 1.